The smallest absolute Gasteiger partial charge is 0.126 e. The van der Waals surface area contributed by atoms with Crippen molar-refractivity contribution in [3.63, 3.8) is 0 Å². The molecule has 0 aliphatic rings. The van der Waals surface area contributed by atoms with Crippen molar-refractivity contribution in [3.05, 3.63) is 42.0 Å². The minimum atomic E-state index is 0.549. The van der Waals surface area contributed by atoms with E-state index in [0.717, 1.165) is 16.7 Å². The van der Waals surface area contributed by atoms with Crippen molar-refractivity contribution in [1.29, 1.82) is 0 Å². The summed E-state index contributed by atoms with van der Waals surface area (Å²) >= 11 is 5.77. The van der Waals surface area contributed by atoms with E-state index >= 15 is 0 Å². The Morgan fingerprint density at radius 2 is 2.07 bits per heavy atom. The molecule has 0 saturated heterocycles. The van der Waals surface area contributed by atoms with Gasteiger partial charge in [-0.15, -0.1) is 11.6 Å². The molecule has 14 heavy (non-hydrogen) atoms. The molecule has 0 bridgehead atoms. The van der Waals surface area contributed by atoms with E-state index in [9.17, 15) is 0 Å². The van der Waals surface area contributed by atoms with Crippen LogP contribution in [0.2, 0.25) is 0 Å². The van der Waals surface area contributed by atoms with E-state index in [-0.39, 0.29) is 0 Å². The Hall–Kier alpha value is -1.21. The first kappa shape index (κ1) is 9.35. The van der Waals surface area contributed by atoms with Gasteiger partial charge in [-0.1, -0.05) is 24.3 Å². The van der Waals surface area contributed by atoms with Gasteiger partial charge in [-0.05, 0) is 23.1 Å². The maximum absolute atomic E-state index is 5.77. The second kappa shape index (κ2) is 3.89. The fourth-order valence-electron chi connectivity index (χ4n) is 1.56. The molecular weight excluding hydrogens is 196 g/mol. The highest BCUT2D eigenvalue weighted by atomic mass is 35.5. The number of ether oxygens (including phenoxy) is 1. The fraction of sp³-hybridized carbons (Fsp3) is 0.167. The lowest BCUT2D eigenvalue weighted by atomic mass is 10.1. The van der Waals surface area contributed by atoms with Crippen molar-refractivity contribution in [2.75, 3.05) is 7.11 Å². The van der Waals surface area contributed by atoms with E-state index in [1.54, 1.807) is 7.11 Å². The number of halogens is 1. The second-order valence-electron chi connectivity index (χ2n) is 3.15. The number of fused-ring (bicyclic) bond motifs is 1. The summed E-state index contributed by atoms with van der Waals surface area (Å²) in [6.07, 6.45) is 0. The minimum absolute atomic E-state index is 0.549. The highest BCUT2D eigenvalue weighted by Crippen LogP contribution is 2.26. The molecule has 2 aromatic carbocycles. The topological polar surface area (TPSA) is 9.23 Å². The number of hydrogen-bond donors (Lipinski definition) is 0. The zero-order chi connectivity index (χ0) is 9.97. The van der Waals surface area contributed by atoms with Crippen LogP contribution >= 0.6 is 11.6 Å². The van der Waals surface area contributed by atoms with Crippen molar-refractivity contribution >= 4 is 22.4 Å². The fourth-order valence-corrected chi connectivity index (χ4v) is 1.73. The van der Waals surface area contributed by atoms with Crippen LogP contribution in [-0.4, -0.2) is 7.11 Å². The summed E-state index contributed by atoms with van der Waals surface area (Å²) in [7, 11) is 1.68. The van der Waals surface area contributed by atoms with Crippen LogP contribution in [0.15, 0.2) is 36.4 Å². The van der Waals surface area contributed by atoms with Gasteiger partial charge < -0.3 is 4.74 Å². The molecule has 0 unspecified atom stereocenters. The molecule has 72 valence electrons. The van der Waals surface area contributed by atoms with Crippen LogP contribution in [0, 0.1) is 0 Å². The molecule has 0 aromatic heterocycles. The average Bonchev–Trinajstić information content (AvgIpc) is 2.27. The Bertz CT molecular complexity index is 451. The van der Waals surface area contributed by atoms with Gasteiger partial charge in [0.25, 0.3) is 0 Å². The Morgan fingerprint density at radius 3 is 2.79 bits per heavy atom. The lowest BCUT2D eigenvalue weighted by molar-refractivity contribution is 0.420. The first-order valence-electron chi connectivity index (χ1n) is 4.47. The Morgan fingerprint density at radius 1 is 1.21 bits per heavy atom. The van der Waals surface area contributed by atoms with Gasteiger partial charge in [0.1, 0.15) is 5.75 Å². The molecule has 0 spiro atoms. The monoisotopic (exact) mass is 206 g/mol. The summed E-state index contributed by atoms with van der Waals surface area (Å²) < 4.78 is 5.27. The summed E-state index contributed by atoms with van der Waals surface area (Å²) in [5.74, 6) is 1.45. The van der Waals surface area contributed by atoms with Crippen LogP contribution in [0.5, 0.6) is 5.75 Å². The Kier molecular flexibility index (Phi) is 2.60. The van der Waals surface area contributed by atoms with Crippen molar-refractivity contribution in [3.8, 4) is 5.75 Å². The van der Waals surface area contributed by atoms with Gasteiger partial charge >= 0.3 is 0 Å². The number of methoxy groups -OCH3 is 1. The van der Waals surface area contributed by atoms with Crippen LogP contribution in [0.4, 0.5) is 0 Å². The van der Waals surface area contributed by atoms with E-state index in [0.29, 0.717) is 5.88 Å². The Labute approximate surface area is 88.3 Å². The summed E-state index contributed by atoms with van der Waals surface area (Å²) in [6, 6.07) is 12.2. The van der Waals surface area contributed by atoms with Crippen molar-refractivity contribution in [1.82, 2.24) is 0 Å². The maximum Gasteiger partial charge on any atom is 0.126 e. The van der Waals surface area contributed by atoms with E-state index in [1.165, 1.54) is 5.39 Å². The zero-order valence-corrected chi connectivity index (χ0v) is 8.71. The minimum Gasteiger partial charge on any atom is -0.496 e. The quantitative estimate of drug-likeness (QED) is 0.683. The average molecular weight is 207 g/mol. The van der Waals surface area contributed by atoms with Gasteiger partial charge in [-0.25, -0.2) is 0 Å². The van der Waals surface area contributed by atoms with Crippen LogP contribution in [0.3, 0.4) is 0 Å². The standard InChI is InChI=1S/C12H11ClO/c1-14-12-4-2-3-10-7-9(8-13)5-6-11(10)12/h2-7H,8H2,1H3. The lowest BCUT2D eigenvalue weighted by Gasteiger charge is -2.05. The second-order valence-corrected chi connectivity index (χ2v) is 3.42. The highest BCUT2D eigenvalue weighted by molar-refractivity contribution is 6.17. The molecule has 0 radical (unpaired) electrons. The van der Waals surface area contributed by atoms with Crippen LogP contribution < -0.4 is 4.74 Å². The zero-order valence-electron chi connectivity index (χ0n) is 7.96. The first-order chi connectivity index (χ1) is 6.85. The third kappa shape index (κ3) is 1.55. The van der Waals surface area contributed by atoms with Crippen LogP contribution in [-0.2, 0) is 5.88 Å². The van der Waals surface area contributed by atoms with Crippen molar-refractivity contribution in [2.45, 2.75) is 5.88 Å². The molecule has 2 rings (SSSR count). The molecule has 1 nitrogen and oxygen atoms in total. The van der Waals surface area contributed by atoms with Gasteiger partial charge in [-0.3, -0.25) is 0 Å². The normalized spacial score (nSPS) is 10.4. The summed E-state index contributed by atoms with van der Waals surface area (Å²) in [5.41, 5.74) is 1.13. The summed E-state index contributed by atoms with van der Waals surface area (Å²) in [5, 5.41) is 2.30. The number of hydrogen-bond acceptors (Lipinski definition) is 1. The van der Waals surface area contributed by atoms with E-state index in [1.807, 2.05) is 24.3 Å². The Balaban J connectivity index is 2.67. The highest BCUT2D eigenvalue weighted by Gasteiger charge is 2.00. The molecule has 2 aromatic rings. The molecule has 0 amide bonds. The molecule has 0 atom stereocenters. The predicted molar refractivity (Wildman–Crippen MR) is 60.1 cm³/mol. The number of alkyl halides is 1. The molecular formula is C12H11ClO. The molecule has 0 aliphatic heterocycles. The molecule has 0 heterocycles. The summed E-state index contributed by atoms with van der Waals surface area (Å²) in [4.78, 5) is 0. The molecule has 0 aliphatic carbocycles. The third-order valence-electron chi connectivity index (χ3n) is 2.28. The largest absolute Gasteiger partial charge is 0.496 e. The molecule has 2 heteroatoms. The van der Waals surface area contributed by atoms with Crippen molar-refractivity contribution in [2.24, 2.45) is 0 Å². The van der Waals surface area contributed by atoms with Gasteiger partial charge in [-0.2, -0.15) is 0 Å². The predicted octanol–water partition coefficient (Wildman–Crippen LogP) is 3.59. The van der Waals surface area contributed by atoms with Crippen LogP contribution in [0.25, 0.3) is 10.8 Å². The van der Waals surface area contributed by atoms with Crippen molar-refractivity contribution < 1.29 is 4.74 Å². The van der Waals surface area contributed by atoms with Gasteiger partial charge in [0.15, 0.2) is 0 Å². The van der Waals surface area contributed by atoms with Gasteiger partial charge in [0.2, 0.25) is 0 Å². The SMILES string of the molecule is COc1cccc2cc(CCl)ccc12. The van der Waals surface area contributed by atoms with Gasteiger partial charge in [0, 0.05) is 11.3 Å². The van der Waals surface area contributed by atoms with E-state index in [4.69, 9.17) is 16.3 Å². The molecule has 0 saturated carbocycles. The molecule has 0 N–H and O–H groups in total. The maximum atomic E-state index is 5.77. The van der Waals surface area contributed by atoms with E-state index in [2.05, 4.69) is 12.1 Å². The number of rotatable bonds is 2. The first-order valence-corrected chi connectivity index (χ1v) is 5.00. The van der Waals surface area contributed by atoms with Gasteiger partial charge in [0.05, 0.1) is 7.11 Å². The molecule has 0 fully saturated rings. The number of benzene rings is 2. The van der Waals surface area contributed by atoms with E-state index < -0.39 is 0 Å². The summed E-state index contributed by atoms with van der Waals surface area (Å²) in [6.45, 7) is 0. The third-order valence-corrected chi connectivity index (χ3v) is 2.59. The van der Waals surface area contributed by atoms with Crippen LogP contribution in [0.1, 0.15) is 5.56 Å². The lowest BCUT2D eigenvalue weighted by Crippen LogP contribution is -1.85.